The Morgan fingerprint density at radius 2 is 1.74 bits per heavy atom. The summed E-state index contributed by atoms with van der Waals surface area (Å²) in [5, 5.41) is 2.61. The molecule has 0 unspecified atom stereocenters. The molecule has 1 rings (SSSR count). The van der Waals surface area contributed by atoms with Gasteiger partial charge in [0.05, 0.1) is 16.0 Å². The summed E-state index contributed by atoms with van der Waals surface area (Å²) in [5.74, 6) is -0.324. The molecule has 1 N–H and O–H groups in total. The third kappa shape index (κ3) is 8.50. The maximum absolute atomic E-state index is 12.4. The predicted octanol–water partition coefficient (Wildman–Crippen LogP) is 2.45. The topological polar surface area (TPSA) is 72.5 Å². The third-order valence-corrected chi connectivity index (χ3v) is 3.83. The van der Waals surface area contributed by atoms with Gasteiger partial charge in [0, 0.05) is 6.42 Å². The van der Waals surface area contributed by atoms with Crippen molar-refractivity contribution in [2.75, 3.05) is 18.3 Å². The van der Waals surface area contributed by atoms with Crippen LogP contribution in [0.1, 0.15) is 26.3 Å². The first-order valence-corrected chi connectivity index (χ1v) is 9.99. The van der Waals surface area contributed by atoms with Gasteiger partial charge in [0.1, 0.15) is 18.1 Å². The molecule has 1 aromatic rings. The summed E-state index contributed by atoms with van der Waals surface area (Å²) in [6.45, 7) is 5.27. The van der Waals surface area contributed by atoms with Crippen molar-refractivity contribution in [2.45, 2.75) is 38.8 Å². The van der Waals surface area contributed by atoms with E-state index in [0.29, 0.717) is 6.42 Å². The van der Waals surface area contributed by atoms with Gasteiger partial charge in [-0.2, -0.15) is 0 Å². The number of ketones is 1. The highest BCUT2D eigenvalue weighted by molar-refractivity contribution is 8.02. The van der Waals surface area contributed by atoms with Gasteiger partial charge in [0.15, 0.2) is 5.75 Å². The number of rotatable bonds is 6. The van der Waals surface area contributed by atoms with Gasteiger partial charge in [-0.15, -0.1) is 4.21 Å². The number of ether oxygens (including phenoxy) is 1. The summed E-state index contributed by atoms with van der Waals surface area (Å²) in [7, 11) is -2.22. The first kappa shape index (κ1) is 19.4. The number of amides is 1. The molecule has 1 aromatic carbocycles. The molecule has 0 fully saturated rings. The summed E-state index contributed by atoms with van der Waals surface area (Å²) < 4.78 is 17.1. The zero-order valence-corrected chi connectivity index (χ0v) is 15.2. The van der Waals surface area contributed by atoms with Crippen molar-refractivity contribution in [3.63, 3.8) is 0 Å². The van der Waals surface area contributed by atoms with Crippen LogP contribution in [0.15, 0.2) is 30.3 Å². The van der Waals surface area contributed by atoms with Gasteiger partial charge >= 0.3 is 6.09 Å². The maximum atomic E-state index is 12.4. The molecule has 0 bridgehead atoms. The van der Waals surface area contributed by atoms with Crippen LogP contribution < -0.4 is 5.32 Å². The van der Waals surface area contributed by atoms with Crippen LogP contribution in [0, 0.1) is 0 Å². The number of nitrogens with one attached hydrogen (secondary N) is 1. The van der Waals surface area contributed by atoms with Crippen LogP contribution in [0.2, 0.25) is 0 Å². The van der Waals surface area contributed by atoms with Crippen LogP contribution >= 0.6 is 0 Å². The Hall–Kier alpha value is -1.69. The molecule has 0 spiro atoms. The van der Waals surface area contributed by atoms with E-state index in [-0.39, 0.29) is 11.5 Å². The summed E-state index contributed by atoms with van der Waals surface area (Å²) >= 11 is 0. The highest BCUT2D eigenvalue weighted by Crippen LogP contribution is 2.10. The molecule has 0 aliphatic heterocycles. The van der Waals surface area contributed by atoms with Crippen LogP contribution in [0.4, 0.5) is 4.79 Å². The molecule has 0 aliphatic rings. The Labute approximate surface area is 139 Å². The number of benzene rings is 1. The maximum Gasteiger partial charge on any atom is 0.408 e. The minimum atomic E-state index is -2.22. The molecule has 6 heteroatoms. The van der Waals surface area contributed by atoms with E-state index in [1.165, 1.54) is 12.5 Å². The minimum Gasteiger partial charge on any atom is -0.444 e. The smallest absolute Gasteiger partial charge is 0.408 e. The Kier molecular flexibility index (Phi) is 6.50. The van der Waals surface area contributed by atoms with Crippen molar-refractivity contribution in [3.8, 4) is 0 Å². The molecular formula is C17H26NO4S+. The third-order valence-electron chi connectivity index (χ3n) is 2.85. The molecule has 128 valence electrons. The SMILES string of the molecule is CC(C)(C)OC(=O)N[C@@H](Cc1ccccc1)C(=O)C[S+](C)(C)=O. The lowest BCUT2D eigenvalue weighted by molar-refractivity contribution is -0.118. The lowest BCUT2D eigenvalue weighted by Gasteiger charge is -2.23. The van der Waals surface area contributed by atoms with Gasteiger partial charge in [0.25, 0.3) is 0 Å². The lowest BCUT2D eigenvalue weighted by atomic mass is 10.0. The summed E-state index contributed by atoms with van der Waals surface area (Å²) in [5.41, 5.74) is 0.272. The first-order valence-electron chi connectivity index (χ1n) is 7.44. The van der Waals surface area contributed by atoms with Gasteiger partial charge in [-0.05, 0) is 26.3 Å². The van der Waals surface area contributed by atoms with Gasteiger partial charge in [-0.25, -0.2) is 4.79 Å². The normalized spacial score (nSPS) is 13.3. The van der Waals surface area contributed by atoms with Crippen LogP contribution in [-0.2, 0) is 30.1 Å². The van der Waals surface area contributed by atoms with E-state index in [1.807, 2.05) is 30.3 Å². The number of hydrogen-bond acceptors (Lipinski definition) is 4. The van der Waals surface area contributed by atoms with Crippen LogP contribution in [0.5, 0.6) is 0 Å². The average Bonchev–Trinajstić information content (AvgIpc) is 2.34. The Bertz CT molecular complexity index is 586. The second kappa shape index (κ2) is 7.73. The number of hydrogen-bond donors (Lipinski definition) is 1. The molecule has 0 radical (unpaired) electrons. The fourth-order valence-electron chi connectivity index (χ4n) is 1.99. The Balaban J connectivity index is 2.85. The minimum absolute atomic E-state index is 0.0691. The zero-order chi connectivity index (χ0) is 17.7. The molecule has 0 heterocycles. The molecule has 23 heavy (non-hydrogen) atoms. The quantitative estimate of drug-likeness (QED) is 0.808. The summed E-state index contributed by atoms with van der Waals surface area (Å²) in [6.07, 6.45) is 2.77. The van der Waals surface area contributed by atoms with Crippen molar-refractivity contribution in [3.05, 3.63) is 35.9 Å². The fourth-order valence-corrected chi connectivity index (χ4v) is 2.87. The van der Waals surface area contributed by atoms with E-state index in [1.54, 1.807) is 20.8 Å². The summed E-state index contributed by atoms with van der Waals surface area (Å²) in [4.78, 5) is 24.4. The summed E-state index contributed by atoms with van der Waals surface area (Å²) in [6, 6.07) is 8.62. The number of carbonyl (C=O) groups is 2. The van der Waals surface area contributed by atoms with Crippen molar-refractivity contribution in [1.29, 1.82) is 0 Å². The number of carbonyl (C=O) groups excluding carboxylic acids is 2. The molecule has 0 aromatic heterocycles. The first-order chi connectivity index (χ1) is 10.5. The van der Waals surface area contributed by atoms with E-state index in [4.69, 9.17) is 4.74 Å². The van der Waals surface area contributed by atoms with Crippen molar-refractivity contribution >= 4 is 21.8 Å². The molecule has 0 aliphatic carbocycles. The van der Waals surface area contributed by atoms with Gasteiger partial charge in [-0.1, -0.05) is 30.3 Å². The molecule has 1 amide bonds. The number of Topliss-reactive ketones (excluding diaryl/α,β-unsaturated/α-hetero) is 1. The molecule has 1 atom stereocenters. The number of alkyl carbamates (subject to hydrolysis) is 1. The second-order valence-electron chi connectivity index (χ2n) is 6.94. The predicted molar refractivity (Wildman–Crippen MR) is 93.1 cm³/mol. The standard InChI is InChI=1S/C17H25NO4S/c1-17(2,3)22-16(20)18-14(15(19)12-23(4,5)21)11-13-9-7-6-8-10-13/h6-10,14H,11-12H2,1-5H3/p+1/t14-/m0/s1. The van der Waals surface area contributed by atoms with E-state index in [0.717, 1.165) is 5.56 Å². The molecular weight excluding hydrogens is 314 g/mol. The molecule has 5 nitrogen and oxygen atoms in total. The highest BCUT2D eigenvalue weighted by Gasteiger charge is 2.29. The van der Waals surface area contributed by atoms with Crippen molar-refractivity contribution in [1.82, 2.24) is 5.32 Å². The van der Waals surface area contributed by atoms with E-state index >= 15 is 0 Å². The van der Waals surface area contributed by atoms with E-state index < -0.39 is 27.7 Å². The largest absolute Gasteiger partial charge is 0.444 e. The fraction of sp³-hybridized carbons (Fsp3) is 0.529. The molecule has 0 saturated heterocycles. The second-order valence-corrected chi connectivity index (χ2v) is 10.1. The van der Waals surface area contributed by atoms with Crippen LogP contribution in [0.25, 0.3) is 0 Å². The van der Waals surface area contributed by atoms with Crippen molar-refractivity contribution < 1.29 is 18.5 Å². The lowest BCUT2D eigenvalue weighted by Crippen LogP contribution is -2.47. The van der Waals surface area contributed by atoms with Crippen LogP contribution in [0.3, 0.4) is 0 Å². The van der Waals surface area contributed by atoms with E-state index in [9.17, 15) is 13.8 Å². The van der Waals surface area contributed by atoms with Gasteiger partial charge in [-0.3, -0.25) is 4.79 Å². The highest BCUT2D eigenvalue weighted by atomic mass is 32.2. The Morgan fingerprint density at radius 1 is 1.17 bits per heavy atom. The monoisotopic (exact) mass is 340 g/mol. The van der Waals surface area contributed by atoms with Gasteiger partial charge in [0.2, 0.25) is 5.78 Å². The van der Waals surface area contributed by atoms with Gasteiger partial charge < -0.3 is 10.1 Å². The van der Waals surface area contributed by atoms with Crippen molar-refractivity contribution in [2.24, 2.45) is 0 Å². The Morgan fingerprint density at radius 3 is 2.22 bits per heavy atom. The molecule has 0 saturated carbocycles. The average molecular weight is 340 g/mol. The zero-order valence-electron chi connectivity index (χ0n) is 14.4. The van der Waals surface area contributed by atoms with E-state index in [2.05, 4.69) is 5.32 Å². The van der Waals surface area contributed by atoms with Crippen LogP contribution in [-0.4, -0.2) is 41.8 Å².